The number of halogens is 1. The fraction of sp³-hybridized carbons (Fsp3) is 0.533. The summed E-state index contributed by atoms with van der Waals surface area (Å²) in [7, 11) is 4.02. The molecule has 2 rings (SSSR count). The first kappa shape index (κ1) is 14.9. The zero-order valence-electron chi connectivity index (χ0n) is 12.0. The first-order valence-corrected chi connectivity index (χ1v) is 6.75. The zero-order valence-corrected chi connectivity index (χ0v) is 12.0. The molecule has 4 nitrogen and oxygen atoms in total. The van der Waals surface area contributed by atoms with E-state index in [-0.39, 0.29) is 11.9 Å². The highest BCUT2D eigenvalue weighted by Gasteiger charge is 2.21. The Morgan fingerprint density at radius 1 is 1.50 bits per heavy atom. The molecule has 1 saturated heterocycles. The number of nitriles is 1. The van der Waals surface area contributed by atoms with Gasteiger partial charge in [-0.05, 0) is 32.3 Å². The van der Waals surface area contributed by atoms with Crippen molar-refractivity contribution in [2.45, 2.75) is 12.6 Å². The van der Waals surface area contributed by atoms with Gasteiger partial charge in [0.15, 0.2) is 0 Å². The van der Waals surface area contributed by atoms with Crippen molar-refractivity contribution >= 4 is 0 Å². The Morgan fingerprint density at radius 3 is 3.00 bits per heavy atom. The van der Waals surface area contributed by atoms with Gasteiger partial charge in [-0.3, -0.25) is 4.90 Å². The minimum atomic E-state index is -0.250. The van der Waals surface area contributed by atoms with Crippen molar-refractivity contribution in [1.82, 2.24) is 9.80 Å². The number of nitrogens with zero attached hydrogens (tertiary/aromatic N) is 3. The lowest BCUT2D eigenvalue weighted by Gasteiger charge is -2.34. The van der Waals surface area contributed by atoms with Crippen molar-refractivity contribution in [3.05, 3.63) is 35.1 Å². The lowest BCUT2D eigenvalue weighted by atomic mass is 10.1. The molecular formula is C15H20FN3O. The average molecular weight is 277 g/mol. The highest BCUT2D eigenvalue weighted by Crippen LogP contribution is 2.15. The van der Waals surface area contributed by atoms with Crippen LogP contribution < -0.4 is 0 Å². The van der Waals surface area contributed by atoms with Crippen LogP contribution in [-0.2, 0) is 11.3 Å². The lowest BCUT2D eigenvalue weighted by Crippen LogP contribution is -2.46. The molecule has 1 heterocycles. The second-order valence-electron chi connectivity index (χ2n) is 5.41. The summed E-state index contributed by atoms with van der Waals surface area (Å²) in [4.78, 5) is 4.27. The van der Waals surface area contributed by atoms with Gasteiger partial charge in [0.05, 0.1) is 24.3 Å². The van der Waals surface area contributed by atoms with Gasteiger partial charge in [-0.25, -0.2) is 4.39 Å². The largest absolute Gasteiger partial charge is 0.374 e. The van der Waals surface area contributed by atoms with E-state index in [0.29, 0.717) is 24.3 Å². The van der Waals surface area contributed by atoms with Gasteiger partial charge in [-0.1, -0.05) is 0 Å². The lowest BCUT2D eigenvalue weighted by molar-refractivity contribution is -0.0409. The second kappa shape index (κ2) is 6.80. The van der Waals surface area contributed by atoms with Crippen molar-refractivity contribution in [3.8, 4) is 6.07 Å². The topological polar surface area (TPSA) is 39.5 Å². The molecule has 0 unspecified atom stereocenters. The van der Waals surface area contributed by atoms with Crippen LogP contribution in [0, 0.1) is 17.1 Å². The Labute approximate surface area is 119 Å². The second-order valence-corrected chi connectivity index (χ2v) is 5.41. The predicted molar refractivity (Wildman–Crippen MR) is 74.7 cm³/mol. The van der Waals surface area contributed by atoms with Crippen molar-refractivity contribution in [3.63, 3.8) is 0 Å². The molecule has 1 aliphatic rings. The van der Waals surface area contributed by atoms with Gasteiger partial charge in [-0.15, -0.1) is 0 Å². The van der Waals surface area contributed by atoms with Crippen LogP contribution in [0.15, 0.2) is 18.2 Å². The van der Waals surface area contributed by atoms with Crippen LogP contribution in [0.1, 0.15) is 11.1 Å². The minimum absolute atomic E-state index is 0.154. The smallest absolute Gasteiger partial charge is 0.127 e. The molecule has 20 heavy (non-hydrogen) atoms. The highest BCUT2D eigenvalue weighted by molar-refractivity contribution is 5.33. The molecule has 5 heteroatoms. The van der Waals surface area contributed by atoms with Crippen LogP contribution in [0.5, 0.6) is 0 Å². The van der Waals surface area contributed by atoms with E-state index in [1.165, 1.54) is 12.1 Å². The van der Waals surface area contributed by atoms with E-state index in [2.05, 4.69) is 15.9 Å². The average Bonchev–Trinajstić information content (AvgIpc) is 2.41. The molecule has 1 atom stereocenters. The fourth-order valence-electron chi connectivity index (χ4n) is 2.45. The summed E-state index contributed by atoms with van der Waals surface area (Å²) in [5.74, 6) is -0.250. The van der Waals surface area contributed by atoms with E-state index < -0.39 is 0 Å². The number of hydrogen-bond acceptors (Lipinski definition) is 4. The van der Waals surface area contributed by atoms with Crippen molar-refractivity contribution in [1.29, 1.82) is 5.26 Å². The van der Waals surface area contributed by atoms with Crippen LogP contribution in [0.3, 0.4) is 0 Å². The van der Waals surface area contributed by atoms with Crippen molar-refractivity contribution < 1.29 is 9.13 Å². The number of morpholine rings is 1. The predicted octanol–water partition coefficient (Wildman–Crippen LogP) is 1.46. The molecule has 0 bridgehead atoms. The molecule has 1 aliphatic heterocycles. The quantitative estimate of drug-likeness (QED) is 0.835. The van der Waals surface area contributed by atoms with Crippen LogP contribution >= 0.6 is 0 Å². The summed E-state index contributed by atoms with van der Waals surface area (Å²) in [6, 6.07) is 6.55. The maximum absolute atomic E-state index is 13.8. The molecular weight excluding hydrogens is 257 g/mol. The van der Waals surface area contributed by atoms with Crippen LogP contribution in [0.2, 0.25) is 0 Å². The third-order valence-electron chi connectivity index (χ3n) is 3.36. The Hall–Kier alpha value is -1.48. The van der Waals surface area contributed by atoms with Gasteiger partial charge in [-0.2, -0.15) is 5.26 Å². The summed E-state index contributed by atoms with van der Waals surface area (Å²) in [6.45, 7) is 3.62. The molecule has 0 aromatic heterocycles. The maximum atomic E-state index is 13.8. The summed E-state index contributed by atoms with van der Waals surface area (Å²) < 4.78 is 19.5. The summed E-state index contributed by atoms with van der Waals surface area (Å²) in [6.07, 6.45) is 0.154. The van der Waals surface area contributed by atoms with Crippen LogP contribution in [0.4, 0.5) is 4.39 Å². The summed E-state index contributed by atoms with van der Waals surface area (Å²) >= 11 is 0. The third kappa shape index (κ3) is 4.01. The summed E-state index contributed by atoms with van der Waals surface area (Å²) in [5, 5.41) is 8.89. The molecule has 0 aliphatic carbocycles. The number of benzene rings is 1. The zero-order chi connectivity index (χ0) is 14.5. The number of rotatable bonds is 4. The molecule has 1 aromatic carbocycles. The first-order valence-electron chi connectivity index (χ1n) is 6.75. The Morgan fingerprint density at radius 2 is 2.30 bits per heavy atom. The fourth-order valence-corrected chi connectivity index (χ4v) is 2.45. The maximum Gasteiger partial charge on any atom is 0.127 e. The molecule has 1 aromatic rings. The monoisotopic (exact) mass is 277 g/mol. The molecule has 108 valence electrons. The molecule has 0 radical (unpaired) electrons. The standard InChI is InChI=1S/C15H20FN3O/c1-18(2)10-14-11-19(5-6-20-14)9-13-7-12(8-17)3-4-15(13)16/h3-4,7,14H,5-6,9-11H2,1-2H3/t14-/m1/s1. The molecule has 0 amide bonds. The van der Waals surface area contributed by atoms with Crippen molar-refractivity contribution in [2.75, 3.05) is 40.3 Å². The van der Waals surface area contributed by atoms with E-state index >= 15 is 0 Å². The van der Waals surface area contributed by atoms with Crippen LogP contribution in [-0.4, -0.2) is 56.2 Å². The van der Waals surface area contributed by atoms with Gasteiger partial charge in [0, 0.05) is 31.7 Å². The van der Waals surface area contributed by atoms with Gasteiger partial charge < -0.3 is 9.64 Å². The normalized spacial score (nSPS) is 20.1. The molecule has 0 saturated carbocycles. The molecule has 1 fully saturated rings. The summed E-state index contributed by atoms with van der Waals surface area (Å²) in [5.41, 5.74) is 1.08. The Balaban J connectivity index is 2.01. The van der Waals surface area contributed by atoms with Gasteiger partial charge in [0.25, 0.3) is 0 Å². The van der Waals surface area contributed by atoms with Gasteiger partial charge >= 0.3 is 0 Å². The highest BCUT2D eigenvalue weighted by atomic mass is 19.1. The van der Waals surface area contributed by atoms with E-state index in [0.717, 1.165) is 19.6 Å². The number of hydrogen-bond donors (Lipinski definition) is 0. The molecule has 0 spiro atoms. The van der Waals surface area contributed by atoms with Crippen LogP contribution in [0.25, 0.3) is 0 Å². The Kier molecular flexibility index (Phi) is 5.07. The van der Waals surface area contributed by atoms with E-state index in [1.54, 1.807) is 6.07 Å². The number of likely N-dealkylation sites (N-methyl/N-ethyl adjacent to an activating group) is 1. The first-order chi connectivity index (χ1) is 9.58. The van der Waals surface area contributed by atoms with Crippen molar-refractivity contribution in [2.24, 2.45) is 0 Å². The Bertz CT molecular complexity index is 498. The number of ether oxygens (including phenoxy) is 1. The van der Waals surface area contributed by atoms with Gasteiger partial charge in [0.1, 0.15) is 5.82 Å². The SMILES string of the molecule is CN(C)C[C@@H]1CN(Cc2cc(C#N)ccc2F)CCO1. The van der Waals surface area contributed by atoms with E-state index in [4.69, 9.17) is 10.00 Å². The minimum Gasteiger partial charge on any atom is -0.374 e. The van der Waals surface area contributed by atoms with E-state index in [9.17, 15) is 4.39 Å². The van der Waals surface area contributed by atoms with E-state index in [1.807, 2.05) is 14.1 Å². The molecule has 0 N–H and O–H groups in total. The van der Waals surface area contributed by atoms with Gasteiger partial charge in [0.2, 0.25) is 0 Å². The third-order valence-corrected chi connectivity index (χ3v) is 3.36.